The molecule has 1 aromatic rings. The quantitative estimate of drug-likeness (QED) is 0.579. The molecule has 1 fully saturated rings. The third kappa shape index (κ3) is 2.64. The lowest BCUT2D eigenvalue weighted by molar-refractivity contribution is -0.387. The molecule has 0 unspecified atom stereocenters. The number of hydrogen-bond acceptors (Lipinski definition) is 6. The molecule has 0 radical (unpaired) electrons. The van der Waals surface area contributed by atoms with E-state index in [1.54, 1.807) is 0 Å². The van der Waals surface area contributed by atoms with E-state index in [4.69, 9.17) is 4.84 Å². The fraction of sp³-hybridized carbons (Fsp3) is 0.333. The number of hydroxylamine groups is 1. The SMILES string of the molecule is O=[N+]([O-])c1ccccc1S(=O)(=O)N[C@H]1CNOC1. The van der Waals surface area contributed by atoms with Crippen molar-refractivity contribution in [3.8, 4) is 0 Å². The summed E-state index contributed by atoms with van der Waals surface area (Å²) in [6.07, 6.45) is 0. The first-order valence-electron chi connectivity index (χ1n) is 5.11. The number of benzene rings is 1. The summed E-state index contributed by atoms with van der Waals surface area (Å²) < 4.78 is 26.4. The minimum Gasteiger partial charge on any atom is -0.300 e. The van der Waals surface area contributed by atoms with E-state index >= 15 is 0 Å². The number of nitro benzene ring substituents is 1. The van der Waals surface area contributed by atoms with Crippen molar-refractivity contribution in [2.75, 3.05) is 13.2 Å². The molecule has 2 rings (SSSR count). The topological polar surface area (TPSA) is 111 Å². The average molecular weight is 273 g/mol. The summed E-state index contributed by atoms with van der Waals surface area (Å²) in [4.78, 5) is 14.5. The van der Waals surface area contributed by atoms with E-state index in [1.165, 1.54) is 18.2 Å². The van der Waals surface area contributed by atoms with Crippen LogP contribution in [0.5, 0.6) is 0 Å². The number of nitrogens with zero attached hydrogens (tertiary/aromatic N) is 1. The molecule has 0 aromatic heterocycles. The standard InChI is InChI=1S/C9H11N3O5S/c13-12(14)8-3-1-2-4-9(8)18(15,16)11-7-5-10-17-6-7/h1-4,7,10-11H,5-6H2/t7-/m0/s1. The zero-order chi connectivity index (χ0) is 13.2. The summed E-state index contributed by atoms with van der Waals surface area (Å²) in [6, 6.07) is 4.76. The molecule has 0 bridgehead atoms. The molecule has 9 heteroatoms. The lowest BCUT2D eigenvalue weighted by Gasteiger charge is -2.10. The fourth-order valence-corrected chi connectivity index (χ4v) is 2.96. The van der Waals surface area contributed by atoms with E-state index in [9.17, 15) is 18.5 Å². The van der Waals surface area contributed by atoms with E-state index in [0.717, 1.165) is 6.07 Å². The van der Waals surface area contributed by atoms with Gasteiger partial charge in [0.2, 0.25) is 10.0 Å². The van der Waals surface area contributed by atoms with Gasteiger partial charge in [0.1, 0.15) is 0 Å². The van der Waals surface area contributed by atoms with Crippen LogP contribution >= 0.6 is 0 Å². The van der Waals surface area contributed by atoms with Gasteiger partial charge in [-0.15, -0.1) is 0 Å². The van der Waals surface area contributed by atoms with Gasteiger partial charge < -0.3 is 4.84 Å². The molecule has 0 saturated carbocycles. The molecule has 0 aliphatic carbocycles. The van der Waals surface area contributed by atoms with E-state index in [1.807, 2.05) is 0 Å². The molecule has 1 aliphatic heterocycles. The van der Waals surface area contributed by atoms with Gasteiger partial charge in [-0.2, -0.15) is 0 Å². The molecular weight excluding hydrogens is 262 g/mol. The van der Waals surface area contributed by atoms with Crippen LogP contribution in [0.2, 0.25) is 0 Å². The maximum absolute atomic E-state index is 12.0. The number of hydrogen-bond donors (Lipinski definition) is 2. The first-order chi connectivity index (χ1) is 8.50. The zero-order valence-electron chi connectivity index (χ0n) is 9.20. The maximum Gasteiger partial charge on any atom is 0.289 e. The predicted molar refractivity (Wildman–Crippen MR) is 61.2 cm³/mol. The minimum atomic E-state index is -3.93. The normalized spacial score (nSPS) is 19.9. The van der Waals surface area contributed by atoms with Crippen LogP contribution in [0.4, 0.5) is 5.69 Å². The Morgan fingerprint density at radius 3 is 2.78 bits per heavy atom. The Kier molecular flexibility index (Phi) is 3.57. The third-order valence-electron chi connectivity index (χ3n) is 2.39. The summed E-state index contributed by atoms with van der Waals surface area (Å²) in [7, 11) is -3.93. The summed E-state index contributed by atoms with van der Waals surface area (Å²) in [5, 5.41) is 10.8. The van der Waals surface area contributed by atoms with Crippen LogP contribution in [0, 0.1) is 10.1 Å². The highest BCUT2D eigenvalue weighted by Crippen LogP contribution is 2.22. The van der Waals surface area contributed by atoms with Crippen molar-refractivity contribution in [3.63, 3.8) is 0 Å². The highest BCUT2D eigenvalue weighted by molar-refractivity contribution is 7.89. The van der Waals surface area contributed by atoms with Crippen molar-refractivity contribution >= 4 is 15.7 Å². The Balaban J connectivity index is 2.31. The predicted octanol–water partition coefficient (Wildman–Crippen LogP) is -0.224. The van der Waals surface area contributed by atoms with Crippen LogP contribution in [-0.4, -0.2) is 32.5 Å². The third-order valence-corrected chi connectivity index (χ3v) is 3.96. The summed E-state index contributed by atoms with van der Waals surface area (Å²) in [5.74, 6) is 0. The largest absolute Gasteiger partial charge is 0.300 e. The van der Waals surface area contributed by atoms with Gasteiger partial charge in [0.25, 0.3) is 5.69 Å². The van der Waals surface area contributed by atoms with Crippen LogP contribution in [0.25, 0.3) is 0 Å². The van der Waals surface area contributed by atoms with Crippen LogP contribution in [0.1, 0.15) is 0 Å². The Morgan fingerprint density at radius 2 is 2.17 bits per heavy atom. The van der Waals surface area contributed by atoms with Crippen molar-refractivity contribution < 1.29 is 18.2 Å². The van der Waals surface area contributed by atoms with E-state index < -0.39 is 26.7 Å². The number of rotatable bonds is 4. The molecule has 2 N–H and O–H groups in total. The molecule has 0 amide bonds. The highest BCUT2D eigenvalue weighted by Gasteiger charge is 2.29. The second kappa shape index (κ2) is 4.98. The van der Waals surface area contributed by atoms with Crippen molar-refractivity contribution in [1.82, 2.24) is 10.2 Å². The van der Waals surface area contributed by atoms with E-state index in [2.05, 4.69) is 10.2 Å². The van der Waals surface area contributed by atoms with Gasteiger partial charge in [-0.25, -0.2) is 18.6 Å². The molecule has 1 saturated heterocycles. The average Bonchev–Trinajstić information content (AvgIpc) is 2.81. The molecule has 1 atom stereocenters. The molecule has 18 heavy (non-hydrogen) atoms. The van der Waals surface area contributed by atoms with Crippen LogP contribution < -0.4 is 10.2 Å². The van der Waals surface area contributed by atoms with Gasteiger partial charge in [-0.3, -0.25) is 10.1 Å². The van der Waals surface area contributed by atoms with Crippen molar-refractivity contribution in [2.24, 2.45) is 0 Å². The highest BCUT2D eigenvalue weighted by atomic mass is 32.2. The van der Waals surface area contributed by atoms with Crippen molar-refractivity contribution in [3.05, 3.63) is 34.4 Å². The van der Waals surface area contributed by atoms with Gasteiger partial charge >= 0.3 is 0 Å². The Labute approximate surface area is 103 Å². The fourth-order valence-electron chi connectivity index (χ4n) is 1.57. The number of sulfonamides is 1. The molecule has 1 heterocycles. The maximum atomic E-state index is 12.0. The first-order valence-corrected chi connectivity index (χ1v) is 6.59. The van der Waals surface area contributed by atoms with Crippen LogP contribution in [-0.2, 0) is 14.9 Å². The molecule has 8 nitrogen and oxygen atoms in total. The van der Waals surface area contributed by atoms with Gasteiger partial charge in [0.05, 0.1) is 17.6 Å². The van der Waals surface area contributed by atoms with Gasteiger partial charge in [0, 0.05) is 12.6 Å². The molecule has 0 spiro atoms. The smallest absolute Gasteiger partial charge is 0.289 e. The van der Waals surface area contributed by atoms with Crippen LogP contribution in [0.3, 0.4) is 0 Å². The first kappa shape index (κ1) is 12.9. The van der Waals surface area contributed by atoms with Crippen molar-refractivity contribution in [2.45, 2.75) is 10.9 Å². The summed E-state index contributed by atoms with van der Waals surface area (Å²) >= 11 is 0. The van der Waals surface area contributed by atoms with Gasteiger partial charge in [0.15, 0.2) is 4.90 Å². The second-order valence-corrected chi connectivity index (χ2v) is 5.38. The van der Waals surface area contributed by atoms with E-state index in [0.29, 0.717) is 6.54 Å². The molecule has 1 aliphatic rings. The number of nitro groups is 1. The molecule has 98 valence electrons. The monoisotopic (exact) mass is 273 g/mol. The van der Waals surface area contributed by atoms with Gasteiger partial charge in [-0.1, -0.05) is 12.1 Å². The van der Waals surface area contributed by atoms with Gasteiger partial charge in [-0.05, 0) is 6.07 Å². The Hall–Kier alpha value is -1.55. The van der Waals surface area contributed by atoms with Crippen LogP contribution in [0.15, 0.2) is 29.2 Å². The Morgan fingerprint density at radius 1 is 1.44 bits per heavy atom. The molecular formula is C9H11N3O5S. The summed E-state index contributed by atoms with van der Waals surface area (Å²) in [5.41, 5.74) is 2.08. The lowest BCUT2D eigenvalue weighted by Crippen LogP contribution is -2.38. The Bertz CT molecular complexity index is 553. The van der Waals surface area contributed by atoms with Crippen molar-refractivity contribution in [1.29, 1.82) is 0 Å². The zero-order valence-corrected chi connectivity index (χ0v) is 10.0. The second-order valence-electron chi connectivity index (χ2n) is 3.70. The lowest BCUT2D eigenvalue weighted by atomic mass is 10.3. The minimum absolute atomic E-state index is 0.180. The summed E-state index contributed by atoms with van der Waals surface area (Å²) in [6.45, 7) is 0.500. The molecule has 1 aromatic carbocycles. The number of nitrogens with one attached hydrogen (secondary N) is 2. The number of para-hydroxylation sites is 1. The van der Waals surface area contributed by atoms with E-state index in [-0.39, 0.29) is 11.5 Å².